The van der Waals surface area contributed by atoms with Gasteiger partial charge in [0.1, 0.15) is 6.04 Å². The van der Waals surface area contributed by atoms with Gasteiger partial charge in [-0.2, -0.15) is 26.3 Å². The molecule has 2 saturated heterocycles. The standard InChI is InChI=1S/C17H29F6N5.HI/c1-3-24-15(25-10-14-4-5-26(11-14)12-16(18,19)20)28-8-6-27(7-9-28)13(2)17(21,22)23;/h13-14H,3-12H2,1-2H3,(H,24,25);1H. The van der Waals surface area contributed by atoms with Gasteiger partial charge in [0, 0.05) is 45.8 Å². The minimum Gasteiger partial charge on any atom is -0.357 e. The van der Waals surface area contributed by atoms with Crippen LogP contribution in [0.25, 0.3) is 0 Å². The first-order valence-corrected chi connectivity index (χ1v) is 9.62. The Bertz CT molecular complexity index is 519. The van der Waals surface area contributed by atoms with Crippen LogP contribution < -0.4 is 5.32 Å². The van der Waals surface area contributed by atoms with Crippen molar-refractivity contribution in [3.8, 4) is 0 Å². The summed E-state index contributed by atoms with van der Waals surface area (Å²) in [6, 6.07) is -1.48. The maximum Gasteiger partial charge on any atom is 0.403 e. The maximum absolute atomic E-state index is 12.9. The Balaban J connectivity index is 0.00000420. The van der Waals surface area contributed by atoms with Crippen LogP contribution in [0.2, 0.25) is 0 Å². The summed E-state index contributed by atoms with van der Waals surface area (Å²) >= 11 is 0. The normalized spacial score (nSPS) is 23.8. The van der Waals surface area contributed by atoms with Crippen molar-refractivity contribution in [3.05, 3.63) is 0 Å². The summed E-state index contributed by atoms with van der Waals surface area (Å²) in [6.45, 7) is 5.39. The first-order valence-electron chi connectivity index (χ1n) is 9.62. The molecule has 5 nitrogen and oxygen atoms in total. The van der Waals surface area contributed by atoms with E-state index in [0.717, 1.165) is 0 Å². The van der Waals surface area contributed by atoms with Gasteiger partial charge in [-0.1, -0.05) is 0 Å². The van der Waals surface area contributed by atoms with Crippen molar-refractivity contribution in [2.24, 2.45) is 10.9 Å². The van der Waals surface area contributed by atoms with E-state index < -0.39 is 24.9 Å². The van der Waals surface area contributed by atoms with Gasteiger partial charge in [-0.3, -0.25) is 14.8 Å². The van der Waals surface area contributed by atoms with Gasteiger partial charge in [-0.25, -0.2) is 0 Å². The van der Waals surface area contributed by atoms with Crippen LogP contribution in [0.5, 0.6) is 0 Å². The molecule has 0 saturated carbocycles. The van der Waals surface area contributed by atoms with Gasteiger partial charge in [0.15, 0.2) is 5.96 Å². The van der Waals surface area contributed by atoms with Crippen LogP contribution in [0.15, 0.2) is 4.99 Å². The average Bonchev–Trinajstić information content (AvgIpc) is 3.02. The van der Waals surface area contributed by atoms with Gasteiger partial charge in [-0.05, 0) is 32.7 Å². The van der Waals surface area contributed by atoms with Crippen LogP contribution in [0, 0.1) is 5.92 Å². The molecular formula is C17H30F6IN5. The quantitative estimate of drug-likeness (QED) is 0.250. The third-order valence-electron chi connectivity index (χ3n) is 5.24. The zero-order chi connectivity index (χ0) is 20.9. The average molecular weight is 545 g/mol. The van der Waals surface area contributed by atoms with Crippen LogP contribution in [0.3, 0.4) is 0 Å². The number of hydrogen-bond donors (Lipinski definition) is 1. The second-order valence-corrected chi connectivity index (χ2v) is 7.44. The fourth-order valence-corrected chi connectivity index (χ4v) is 3.63. The third kappa shape index (κ3) is 8.64. The van der Waals surface area contributed by atoms with Crippen LogP contribution in [-0.4, -0.2) is 98.0 Å². The van der Waals surface area contributed by atoms with Crippen LogP contribution in [-0.2, 0) is 0 Å². The Morgan fingerprint density at radius 2 is 1.69 bits per heavy atom. The molecule has 2 rings (SSSR count). The number of likely N-dealkylation sites (tertiary alicyclic amines) is 1. The molecule has 0 bridgehead atoms. The Labute approximate surface area is 184 Å². The smallest absolute Gasteiger partial charge is 0.357 e. The monoisotopic (exact) mass is 545 g/mol. The molecule has 0 aromatic carbocycles. The first-order chi connectivity index (χ1) is 13.0. The predicted molar refractivity (Wildman–Crippen MR) is 111 cm³/mol. The number of aliphatic imine (C=N–C) groups is 1. The van der Waals surface area contributed by atoms with Crippen molar-refractivity contribution in [1.82, 2.24) is 20.0 Å². The van der Waals surface area contributed by atoms with Crippen molar-refractivity contribution < 1.29 is 26.3 Å². The second kappa shape index (κ2) is 11.2. The summed E-state index contributed by atoms with van der Waals surface area (Å²) in [6.07, 6.45) is -7.78. The number of rotatable bonds is 5. The molecule has 0 aromatic rings. The lowest BCUT2D eigenvalue weighted by molar-refractivity contribution is -0.181. The lowest BCUT2D eigenvalue weighted by atomic mass is 10.1. The second-order valence-electron chi connectivity index (χ2n) is 7.44. The molecule has 12 heteroatoms. The summed E-state index contributed by atoms with van der Waals surface area (Å²) in [7, 11) is 0. The van der Waals surface area contributed by atoms with Gasteiger partial charge in [0.25, 0.3) is 0 Å². The summed E-state index contributed by atoms with van der Waals surface area (Å²) in [5.74, 6) is 0.679. The number of piperazine rings is 1. The molecule has 0 aliphatic carbocycles. The molecule has 0 aromatic heterocycles. The van der Waals surface area contributed by atoms with Crippen molar-refractivity contribution in [2.75, 3.05) is 58.9 Å². The number of halogens is 7. The third-order valence-corrected chi connectivity index (χ3v) is 5.24. The van der Waals surface area contributed by atoms with Crippen LogP contribution >= 0.6 is 24.0 Å². The molecule has 2 heterocycles. The van der Waals surface area contributed by atoms with Crippen molar-refractivity contribution >= 4 is 29.9 Å². The molecule has 0 amide bonds. The highest BCUT2D eigenvalue weighted by atomic mass is 127. The predicted octanol–water partition coefficient (Wildman–Crippen LogP) is 3.02. The zero-order valence-electron chi connectivity index (χ0n) is 16.7. The Morgan fingerprint density at radius 3 is 2.21 bits per heavy atom. The van der Waals surface area contributed by atoms with E-state index in [9.17, 15) is 26.3 Å². The van der Waals surface area contributed by atoms with E-state index in [0.29, 0.717) is 51.6 Å². The molecule has 0 radical (unpaired) electrons. The highest BCUT2D eigenvalue weighted by Crippen LogP contribution is 2.25. The van der Waals surface area contributed by atoms with Gasteiger partial charge < -0.3 is 10.2 Å². The topological polar surface area (TPSA) is 34.1 Å². The molecule has 2 aliphatic rings. The lowest BCUT2D eigenvalue weighted by Crippen LogP contribution is -2.56. The summed E-state index contributed by atoms with van der Waals surface area (Å²) < 4.78 is 76.1. The Kier molecular flexibility index (Phi) is 10.3. The fourth-order valence-electron chi connectivity index (χ4n) is 3.63. The first kappa shape index (κ1) is 26.5. The number of guanidine groups is 1. The van der Waals surface area contributed by atoms with E-state index in [4.69, 9.17) is 0 Å². The van der Waals surface area contributed by atoms with E-state index in [2.05, 4.69) is 10.3 Å². The molecule has 2 atom stereocenters. The van der Waals surface area contributed by atoms with Gasteiger partial charge in [0.2, 0.25) is 0 Å². The van der Waals surface area contributed by atoms with Gasteiger partial charge in [-0.15, -0.1) is 24.0 Å². The SMILES string of the molecule is CCNC(=NCC1CCN(CC(F)(F)F)C1)N1CCN(C(C)C(F)(F)F)CC1.I. The Morgan fingerprint density at radius 1 is 1.07 bits per heavy atom. The van der Waals surface area contributed by atoms with E-state index in [1.165, 1.54) is 16.7 Å². The molecule has 2 aliphatic heterocycles. The molecular weight excluding hydrogens is 515 g/mol. The number of alkyl halides is 6. The minimum atomic E-state index is -4.24. The molecule has 172 valence electrons. The van der Waals surface area contributed by atoms with E-state index in [1.54, 1.807) is 0 Å². The number of nitrogens with zero attached hydrogens (tertiary/aromatic N) is 4. The van der Waals surface area contributed by atoms with Gasteiger partial charge in [0.05, 0.1) is 6.54 Å². The highest BCUT2D eigenvalue weighted by Gasteiger charge is 2.41. The molecule has 29 heavy (non-hydrogen) atoms. The van der Waals surface area contributed by atoms with E-state index in [1.807, 2.05) is 11.8 Å². The largest absolute Gasteiger partial charge is 0.403 e. The number of nitrogens with one attached hydrogen (secondary N) is 1. The zero-order valence-corrected chi connectivity index (χ0v) is 19.0. The van der Waals surface area contributed by atoms with Crippen molar-refractivity contribution in [3.63, 3.8) is 0 Å². The highest BCUT2D eigenvalue weighted by molar-refractivity contribution is 14.0. The van der Waals surface area contributed by atoms with Crippen LogP contribution in [0.1, 0.15) is 20.3 Å². The van der Waals surface area contributed by atoms with E-state index in [-0.39, 0.29) is 43.0 Å². The summed E-state index contributed by atoms with van der Waals surface area (Å²) in [5, 5.41) is 3.14. The van der Waals surface area contributed by atoms with Crippen molar-refractivity contribution in [2.45, 2.75) is 38.7 Å². The molecule has 2 fully saturated rings. The Hall–Kier alpha value is -0.500. The lowest BCUT2D eigenvalue weighted by Gasteiger charge is -2.39. The minimum absolute atomic E-state index is 0. The fraction of sp³-hybridized carbons (Fsp3) is 0.941. The van der Waals surface area contributed by atoms with Gasteiger partial charge >= 0.3 is 12.4 Å². The molecule has 2 unspecified atom stereocenters. The van der Waals surface area contributed by atoms with E-state index >= 15 is 0 Å². The summed E-state index contributed by atoms with van der Waals surface area (Å²) in [5.41, 5.74) is 0. The van der Waals surface area contributed by atoms with Crippen LogP contribution in [0.4, 0.5) is 26.3 Å². The molecule has 0 spiro atoms. The number of hydrogen-bond acceptors (Lipinski definition) is 3. The summed E-state index contributed by atoms with van der Waals surface area (Å²) in [4.78, 5) is 9.28. The maximum atomic E-state index is 12.9. The van der Waals surface area contributed by atoms with Crippen molar-refractivity contribution in [1.29, 1.82) is 0 Å². The molecule has 1 N–H and O–H groups in total.